The first-order valence-corrected chi connectivity index (χ1v) is 5.99. The predicted octanol–water partition coefficient (Wildman–Crippen LogP) is 3.70. The monoisotopic (exact) mass is 259 g/mol. The fourth-order valence-corrected chi connectivity index (χ4v) is 2.19. The van der Waals surface area contributed by atoms with E-state index in [1.807, 2.05) is 0 Å². The molecule has 1 heterocycles. The topological polar surface area (TPSA) is 3.24 Å². The van der Waals surface area contributed by atoms with E-state index in [9.17, 15) is 0 Å². The van der Waals surface area contributed by atoms with E-state index in [-0.39, 0.29) is 17.3 Å². The molecule has 1 saturated heterocycles. The van der Waals surface area contributed by atoms with Crippen molar-refractivity contribution in [1.29, 1.82) is 0 Å². The Morgan fingerprint density at radius 2 is 1.75 bits per heavy atom. The summed E-state index contributed by atoms with van der Waals surface area (Å²) in [5.41, 5.74) is 1.40. The van der Waals surface area contributed by atoms with Gasteiger partial charge in [0.05, 0.1) is 0 Å². The van der Waals surface area contributed by atoms with Crippen molar-refractivity contribution >= 4 is 24.0 Å². The second-order valence-electron chi connectivity index (χ2n) is 4.68. The van der Waals surface area contributed by atoms with Gasteiger partial charge in [-0.15, -0.1) is 24.0 Å². The first-order chi connectivity index (χ1) is 7.16. The molecule has 1 aromatic carbocycles. The van der Waals surface area contributed by atoms with E-state index in [1.165, 1.54) is 5.56 Å². The molecule has 0 bridgehead atoms. The SMILES string of the molecule is CC1(Cl)CCN(Cc2ccccc2)CC1.Cl. The molecule has 1 nitrogen and oxygen atoms in total. The summed E-state index contributed by atoms with van der Waals surface area (Å²) in [5, 5.41) is 0. The maximum absolute atomic E-state index is 6.31. The van der Waals surface area contributed by atoms with Gasteiger partial charge in [-0.05, 0) is 25.3 Å². The van der Waals surface area contributed by atoms with Crippen molar-refractivity contribution in [1.82, 2.24) is 4.90 Å². The highest BCUT2D eigenvalue weighted by molar-refractivity contribution is 6.23. The Morgan fingerprint density at radius 1 is 1.19 bits per heavy atom. The number of benzene rings is 1. The normalized spacial score (nSPS) is 20.1. The van der Waals surface area contributed by atoms with Gasteiger partial charge in [0.1, 0.15) is 0 Å². The summed E-state index contributed by atoms with van der Waals surface area (Å²) >= 11 is 6.31. The molecule has 1 aliphatic rings. The molecule has 0 radical (unpaired) electrons. The Balaban J connectivity index is 0.00000128. The highest BCUT2D eigenvalue weighted by Gasteiger charge is 2.27. The summed E-state index contributed by atoms with van der Waals surface area (Å²) in [6.07, 6.45) is 2.20. The minimum atomic E-state index is 0. The van der Waals surface area contributed by atoms with Crippen LogP contribution in [0.3, 0.4) is 0 Å². The summed E-state index contributed by atoms with van der Waals surface area (Å²) in [6.45, 7) is 5.45. The van der Waals surface area contributed by atoms with Gasteiger partial charge in [-0.2, -0.15) is 0 Å². The van der Waals surface area contributed by atoms with Gasteiger partial charge in [0.25, 0.3) is 0 Å². The molecule has 0 N–H and O–H groups in total. The van der Waals surface area contributed by atoms with Crippen molar-refractivity contribution in [2.75, 3.05) is 13.1 Å². The molecule has 16 heavy (non-hydrogen) atoms. The van der Waals surface area contributed by atoms with Crippen LogP contribution in [0.5, 0.6) is 0 Å². The minimum Gasteiger partial charge on any atom is -0.299 e. The van der Waals surface area contributed by atoms with Crippen molar-refractivity contribution in [2.45, 2.75) is 31.2 Å². The van der Waals surface area contributed by atoms with Gasteiger partial charge in [-0.1, -0.05) is 30.3 Å². The lowest BCUT2D eigenvalue weighted by molar-refractivity contribution is 0.196. The Kier molecular flexibility index (Phi) is 5.10. The standard InChI is InChI=1S/C13H18ClN.ClH/c1-13(14)7-9-15(10-8-13)11-12-5-3-2-4-6-12;/h2-6H,7-11H2,1H3;1H. The fourth-order valence-electron chi connectivity index (χ4n) is 2.02. The number of nitrogens with zero attached hydrogens (tertiary/aromatic N) is 1. The molecule has 0 saturated carbocycles. The van der Waals surface area contributed by atoms with Crippen LogP contribution < -0.4 is 0 Å². The summed E-state index contributed by atoms with van der Waals surface area (Å²) in [6, 6.07) is 10.6. The van der Waals surface area contributed by atoms with Crippen LogP contribution in [0.2, 0.25) is 0 Å². The fraction of sp³-hybridized carbons (Fsp3) is 0.538. The zero-order chi connectivity index (χ0) is 10.7. The lowest BCUT2D eigenvalue weighted by Crippen LogP contribution is -2.38. The zero-order valence-corrected chi connectivity index (χ0v) is 11.2. The average molecular weight is 260 g/mol. The highest BCUT2D eigenvalue weighted by Crippen LogP contribution is 2.28. The lowest BCUT2D eigenvalue weighted by Gasteiger charge is -2.35. The summed E-state index contributed by atoms with van der Waals surface area (Å²) in [5.74, 6) is 0. The van der Waals surface area contributed by atoms with Crippen molar-refractivity contribution in [3.63, 3.8) is 0 Å². The Labute approximate surface area is 109 Å². The van der Waals surface area contributed by atoms with E-state index in [0.29, 0.717) is 0 Å². The number of hydrogen-bond donors (Lipinski definition) is 0. The number of piperidine rings is 1. The molecule has 2 rings (SSSR count). The first-order valence-electron chi connectivity index (χ1n) is 5.61. The second kappa shape index (κ2) is 5.90. The maximum Gasteiger partial charge on any atom is 0.0443 e. The van der Waals surface area contributed by atoms with Gasteiger partial charge in [-0.25, -0.2) is 0 Å². The molecule has 0 unspecified atom stereocenters. The van der Waals surface area contributed by atoms with Crippen LogP contribution in [0.25, 0.3) is 0 Å². The summed E-state index contributed by atoms with van der Waals surface area (Å²) < 4.78 is 0. The van der Waals surface area contributed by atoms with E-state index in [1.54, 1.807) is 0 Å². The number of likely N-dealkylation sites (tertiary alicyclic amines) is 1. The van der Waals surface area contributed by atoms with Crippen molar-refractivity contribution in [3.8, 4) is 0 Å². The van der Waals surface area contributed by atoms with Crippen molar-refractivity contribution in [2.24, 2.45) is 0 Å². The van der Waals surface area contributed by atoms with Crippen LogP contribution in [0, 0.1) is 0 Å². The number of halogens is 2. The lowest BCUT2D eigenvalue weighted by atomic mass is 9.98. The van der Waals surface area contributed by atoms with Crippen LogP contribution in [0.4, 0.5) is 0 Å². The molecule has 0 aliphatic carbocycles. The largest absolute Gasteiger partial charge is 0.299 e. The number of hydrogen-bond acceptors (Lipinski definition) is 1. The molecule has 90 valence electrons. The molecule has 0 spiro atoms. The Morgan fingerprint density at radius 3 is 2.31 bits per heavy atom. The third-order valence-electron chi connectivity index (χ3n) is 3.15. The van der Waals surface area contributed by atoms with Crippen LogP contribution in [0.15, 0.2) is 30.3 Å². The van der Waals surface area contributed by atoms with Gasteiger partial charge in [0.2, 0.25) is 0 Å². The van der Waals surface area contributed by atoms with E-state index >= 15 is 0 Å². The van der Waals surface area contributed by atoms with Crippen LogP contribution in [0.1, 0.15) is 25.3 Å². The third-order valence-corrected chi connectivity index (χ3v) is 3.53. The highest BCUT2D eigenvalue weighted by atomic mass is 35.5. The van der Waals surface area contributed by atoms with Gasteiger partial charge in [0.15, 0.2) is 0 Å². The number of rotatable bonds is 2. The summed E-state index contributed by atoms with van der Waals surface area (Å²) in [7, 11) is 0. The van der Waals surface area contributed by atoms with Crippen molar-refractivity contribution < 1.29 is 0 Å². The molecule has 0 amide bonds. The van der Waals surface area contributed by atoms with E-state index < -0.39 is 0 Å². The van der Waals surface area contributed by atoms with E-state index in [4.69, 9.17) is 11.6 Å². The molecule has 1 fully saturated rings. The molecular weight excluding hydrogens is 241 g/mol. The van der Waals surface area contributed by atoms with Gasteiger partial charge in [0, 0.05) is 24.5 Å². The Hall–Kier alpha value is -0.240. The van der Waals surface area contributed by atoms with Gasteiger partial charge in [-0.3, -0.25) is 4.90 Å². The molecule has 1 aliphatic heterocycles. The van der Waals surface area contributed by atoms with Gasteiger partial charge >= 0.3 is 0 Å². The van der Waals surface area contributed by atoms with Gasteiger partial charge < -0.3 is 0 Å². The second-order valence-corrected chi connectivity index (χ2v) is 5.59. The van der Waals surface area contributed by atoms with E-state index in [2.05, 4.69) is 42.2 Å². The summed E-state index contributed by atoms with van der Waals surface area (Å²) in [4.78, 5) is 2.52. The number of alkyl halides is 1. The van der Waals surface area contributed by atoms with E-state index in [0.717, 1.165) is 32.5 Å². The predicted molar refractivity (Wildman–Crippen MR) is 72.5 cm³/mol. The molecule has 3 heteroatoms. The third kappa shape index (κ3) is 3.97. The smallest absolute Gasteiger partial charge is 0.0443 e. The van der Waals surface area contributed by atoms with Crippen molar-refractivity contribution in [3.05, 3.63) is 35.9 Å². The first kappa shape index (κ1) is 13.8. The molecule has 1 aromatic rings. The molecule has 0 aromatic heterocycles. The zero-order valence-electron chi connectivity index (χ0n) is 9.66. The molecule has 0 atom stereocenters. The van der Waals surface area contributed by atoms with Crippen LogP contribution in [-0.4, -0.2) is 22.9 Å². The maximum atomic E-state index is 6.31. The minimum absolute atomic E-state index is 0. The molecular formula is C13H19Cl2N. The average Bonchev–Trinajstić information content (AvgIpc) is 2.23. The van der Waals surface area contributed by atoms with Crippen LogP contribution >= 0.6 is 24.0 Å². The Bertz CT molecular complexity index is 301. The van der Waals surface area contributed by atoms with Crippen LogP contribution in [-0.2, 0) is 6.54 Å². The quantitative estimate of drug-likeness (QED) is 0.733.